The zero-order chi connectivity index (χ0) is 39.8. The quantitative estimate of drug-likeness (QED) is 0.160. The standard InChI is InChI=1S/C58H39NO/c1-4-12-40(13-5-1)43-20-28-50(29-21-43)59(51-30-22-44(23-31-51)41-14-6-2-7-15-41)52-32-24-45(25-33-52)48-27-35-57-56(38-48)55-37-47-19-11-10-18-46(47)36-54(55)53-34-26-49(39-58(53)60-57)42-16-8-3-9-17-42/h1-39H. The van der Waals surface area contributed by atoms with E-state index in [1.807, 2.05) is 0 Å². The Morgan fingerprint density at radius 3 is 1.10 bits per heavy atom. The molecule has 0 unspecified atom stereocenters. The monoisotopic (exact) mass is 765 g/mol. The van der Waals surface area contributed by atoms with Crippen LogP contribution in [-0.4, -0.2) is 0 Å². The summed E-state index contributed by atoms with van der Waals surface area (Å²) in [5.41, 5.74) is 17.1. The fourth-order valence-electron chi connectivity index (χ4n) is 8.57. The molecule has 0 spiro atoms. The normalized spacial score (nSPS) is 11.5. The highest BCUT2D eigenvalue weighted by molar-refractivity contribution is 6.00. The Labute approximate surface area is 350 Å². The van der Waals surface area contributed by atoms with E-state index in [4.69, 9.17) is 4.74 Å². The molecule has 0 atom stereocenters. The second-order valence-electron chi connectivity index (χ2n) is 15.3. The molecule has 0 amide bonds. The van der Waals surface area contributed by atoms with Crippen molar-refractivity contribution < 1.29 is 4.74 Å². The average molecular weight is 766 g/mol. The first kappa shape index (κ1) is 35.2. The van der Waals surface area contributed by atoms with Crippen LogP contribution < -0.4 is 9.64 Å². The summed E-state index contributed by atoms with van der Waals surface area (Å²) in [6.07, 6.45) is 0. The number of ether oxygens (including phenoxy) is 1. The van der Waals surface area contributed by atoms with E-state index in [1.54, 1.807) is 0 Å². The Bertz CT molecular complexity index is 3040. The number of benzene rings is 10. The van der Waals surface area contributed by atoms with Crippen molar-refractivity contribution in [2.75, 3.05) is 4.90 Å². The van der Waals surface area contributed by atoms with E-state index >= 15 is 0 Å². The first-order chi connectivity index (χ1) is 29.7. The van der Waals surface area contributed by atoms with Gasteiger partial charge in [-0.15, -0.1) is 0 Å². The van der Waals surface area contributed by atoms with Gasteiger partial charge in [-0.25, -0.2) is 0 Å². The number of anilines is 3. The van der Waals surface area contributed by atoms with Crippen molar-refractivity contribution in [3.8, 4) is 78.3 Å². The molecule has 0 aliphatic carbocycles. The van der Waals surface area contributed by atoms with Gasteiger partial charge in [-0.1, -0.05) is 164 Å². The summed E-state index contributed by atoms with van der Waals surface area (Å²) < 4.78 is 6.88. The SMILES string of the molecule is c1ccc(-c2ccc(N(c3ccc(-c4ccccc4)cc3)c3ccc(-c4ccc5c(c4)-c4cc6ccccc6cc4-c4ccc(-c6ccccc6)cc4O5)cc3)cc2)cc1. The van der Waals surface area contributed by atoms with Crippen LogP contribution in [0, 0.1) is 0 Å². The van der Waals surface area contributed by atoms with Crippen molar-refractivity contribution in [3.63, 3.8) is 0 Å². The lowest BCUT2D eigenvalue weighted by molar-refractivity contribution is 0.488. The third-order valence-corrected chi connectivity index (χ3v) is 11.7. The third kappa shape index (κ3) is 6.61. The Hall–Kier alpha value is -7.94. The van der Waals surface area contributed by atoms with Gasteiger partial charge >= 0.3 is 0 Å². The largest absolute Gasteiger partial charge is 0.456 e. The lowest BCUT2D eigenvalue weighted by Gasteiger charge is -2.26. The maximum absolute atomic E-state index is 6.88. The molecule has 282 valence electrons. The molecule has 0 saturated carbocycles. The number of hydrogen-bond donors (Lipinski definition) is 0. The van der Waals surface area contributed by atoms with Crippen LogP contribution in [0.2, 0.25) is 0 Å². The van der Waals surface area contributed by atoms with Crippen molar-refractivity contribution in [1.29, 1.82) is 0 Å². The van der Waals surface area contributed by atoms with Gasteiger partial charge in [-0.2, -0.15) is 0 Å². The second kappa shape index (κ2) is 15.1. The molecule has 1 aliphatic heterocycles. The van der Waals surface area contributed by atoms with Gasteiger partial charge < -0.3 is 9.64 Å². The van der Waals surface area contributed by atoms with Crippen molar-refractivity contribution in [2.24, 2.45) is 0 Å². The Morgan fingerprint density at radius 2 is 0.600 bits per heavy atom. The number of rotatable bonds is 7. The molecule has 10 aromatic carbocycles. The molecule has 11 rings (SSSR count). The van der Waals surface area contributed by atoms with E-state index in [2.05, 4.69) is 241 Å². The molecule has 0 bridgehead atoms. The van der Waals surface area contributed by atoms with Crippen LogP contribution in [0.25, 0.3) is 77.5 Å². The van der Waals surface area contributed by atoms with Gasteiger partial charge in [0.1, 0.15) is 11.5 Å². The summed E-state index contributed by atoms with van der Waals surface area (Å²) in [5, 5.41) is 2.41. The molecule has 1 aliphatic rings. The maximum atomic E-state index is 6.88. The van der Waals surface area contributed by atoms with E-state index < -0.39 is 0 Å². The Balaban J connectivity index is 0.981. The van der Waals surface area contributed by atoms with Gasteiger partial charge in [0.05, 0.1) is 0 Å². The van der Waals surface area contributed by atoms with Crippen LogP contribution in [0.3, 0.4) is 0 Å². The molecule has 0 aromatic heterocycles. The van der Waals surface area contributed by atoms with Crippen LogP contribution >= 0.6 is 0 Å². The van der Waals surface area contributed by atoms with E-state index in [1.165, 1.54) is 38.6 Å². The van der Waals surface area contributed by atoms with Crippen LogP contribution in [0.5, 0.6) is 11.5 Å². The van der Waals surface area contributed by atoms with Crippen LogP contribution in [0.4, 0.5) is 17.1 Å². The van der Waals surface area contributed by atoms with E-state index in [0.717, 1.165) is 67.5 Å². The number of nitrogens with zero attached hydrogens (tertiary/aromatic N) is 1. The predicted octanol–water partition coefficient (Wildman–Crippen LogP) is 16.4. The van der Waals surface area contributed by atoms with Crippen molar-refractivity contribution >= 4 is 27.8 Å². The fourth-order valence-corrected chi connectivity index (χ4v) is 8.57. The lowest BCUT2D eigenvalue weighted by Crippen LogP contribution is -2.09. The first-order valence-electron chi connectivity index (χ1n) is 20.5. The van der Waals surface area contributed by atoms with Crippen LogP contribution in [0.1, 0.15) is 0 Å². The highest BCUT2D eigenvalue weighted by atomic mass is 16.5. The second-order valence-corrected chi connectivity index (χ2v) is 15.3. The molecule has 2 nitrogen and oxygen atoms in total. The van der Waals surface area contributed by atoms with Crippen molar-refractivity contribution in [2.45, 2.75) is 0 Å². The summed E-state index contributed by atoms with van der Waals surface area (Å²) in [4.78, 5) is 2.33. The zero-order valence-electron chi connectivity index (χ0n) is 32.9. The fraction of sp³-hybridized carbons (Fsp3) is 0. The summed E-state index contributed by atoms with van der Waals surface area (Å²) >= 11 is 0. The topological polar surface area (TPSA) is 12.5 Å². The molecule has 0 fully saturated rings. The Kier molecular flexibility index (Phi) is 8.87. The maximum Gasteiger partial charge on any atom is 0.135 e. The molecule has 0 N–H and O–H groups in total. The lowest BCUT2D eigenvalue weighted by atomic mass is 9.89. The smallest absolute Gasteiger partial charge is 0.135 e. The molecular formula is C58H39NO. The molecule has 2 heteroatoms. The summed E-state index contributed by atoms with van der Waals surface area (Å²) in [6, 6.07) is 84.7. The molecule has 10 aromatic rings. The zero-order valence-corrected chi connectivity index (χ0v) is 32.9. The van der Waals surface area contributed by atoms with Gasteiger partial charge in [0.25, 0.3) is 0 Å². The number of fused-ring (bicyclic) bond motifs is 6. The van der Waals surface area contributed by atoms with E-state index in [9.17, 15) is 0 Å². The highest BCUT2D eigenvalue weighted by Crippen LogP contribution is 2.50. The minimum Gasteiger partial charge on any atom is -0.456 e. The summed E-state index contributed by atoms with van der Waals surface area (Å²) in [6.45, 7) is 0. The van der Waals surface area contributed by atoms with E-state index in [0.29, 0.717) is 0 Å². The molecule has 60 heavy (non-hydrogen) atoms. The molecule has 1 heterocycles. The minimum atomic E-state index is 0.847. The molecule has 0 radical (unpaired) electrons. The van der Waals surface area contributed by atoms with Gasteiger partial charge in [0, 0.05) is 28.2 Å². The van der Waals surface area contributed by atoms with Crippen molar-refractivity contribution in [3.05, 3.63) is 237 Å². The molecule has 0 saturated heterocycles. The highest BCUT2D eigenvalue weighted by Gasteiger charge is 2.23. The molecular weight excluding hydrogens is 727 g/mol. The summed E-state index contributed by atoms with van der Waals surface area (Å²) in [5.74, 6) is 1.71. The average Bonchev–Trinajstić information content (AvgIpc) is 3.46. The Morgan fingerprint density at radius 1 is 0.233 bits per heavy atom. The minimum absolute atomic E-state index is 0.847. The van der Waals surface area contributed by atoms with Crippen LogP contribution in [-0.2, 0) is 0 Å². The van der Waals surface area contributed by atoms with Crippen LogP contribution in [0.15, 0.2) is 237 Å². The van der Waals surface area contributed by atoms with Crippen molar-refractivity contribution in [1.82, 2.24) is 0 Å². The van der Waals surface area contributed by atoms with Gasteiger partial charge in [0.15, 0.2) is 0 Å². The number of hydrogen-bond acceptors (Lipinski definition) is 2. The van der Waals surface area contributed by atoms with E-state index in [-0.39, 0.29) is 0 Å². The van der Waals surface area contributed by atoms with Gasteiger partial charge in [-0.05, 0) is 139 Å². The van der Waals surface area contributed by atoms with Gasteiger partial charge in [-0.3, -0.25) is 0 Å². The first-order valence-corrected chi connectivity index (χ1v) is 20.5. The third-order valence-electron chi connectivity index (χ3n) is 11.7. The predicted molar refractivity (Wildman–Crippen MR) is 251 cm³/mol. The summed E-state index contributed by atoms with van der Waals surface area (Å²) in [7, 11) is 0. The van der Waals surface area contributed by atoms with Gasteiger partial charge in [0.2, 0.25) is 0 Å².